The second-order valence-corrected chi connectivity index (χ2v) is 4.67. The number of hydrogen-bond donors (Lipinski definition) is 1. The molecule has 0 bridgehead atoms. The average Bonchev–Trinajstić information content (AvgIpc) is 2.82. The summed E-state index contributed by atoms with van der Waals surface area (Å²) in [5.41, 5.74) is 2.73. The molecule has 1 N–H and O–H groups in total. The number of rotatable bonds is 6. The molecule has 2 rings (SSSR count). The molecule has 0 saturated carbocycles. The molecule has 20 heavy (non-hydrogen) atoms. The summed E-state index contributed by atoms with van der Waals surface area (Å²) in [6, 6.07) is 7.08. The molecule has 0 atom stereocenters. The third kappa shape index (κ3) is 3.14. The third-order valence-electron chi connectivity index (χ3n) is 3.08. The van der Waals surface area contributed by atoms with Gasteiger partial charge in [0.05, 0.1) is 11.5 Å². The molecule has 2 aromatic rings. The second-order valence-electron chi connectivity index (χ2n) is 4.67. The van der Waals surface area contributed by atoms with Crippen molar-refractivity contribution in [3.8, 4) is 0 Å². The van der Waals surface area contributed by atoms with Gasteiger partial charge in [-0.15, -0.1) is 0 Å². The van der Waals surface area contributed by atoms with Gasteiger partial charge in [0.2, 0.25) is 0 Å². The molecule has 1 aromatic heterocycles. The molecule has 0 fully saturated rings. The van der Waals surface area contributed by atoms with E-state index < -0.39 is 0 Å². The predicted octanol–water partition coefficient (Wildman–Crippen LogP) is 2.97. The van der Waals surface area contributed by atoms with Crippen LogP contribution in [0.2, 0.25) is 0 Å². The Balaban J connectivity index is 2.26. The number of benzene rings is 1. The summed E-state index contributed by atoms with van der Waals surface area (Å²) in [7, 11) is 0. The zero-order valence-electron chi connectivity index (χ0n) is 11.7. The molecule has 1 heterocycles. The molecule has 0 spiro atoms. The maximum Gasteiger partial charge on any atom is 0.292 e. The highest BCUT2D eigenvalue weighted by Crippen LogP contribution is 2.26. The standard InChI is InChI=1S/C14H18N4O2/c1-3-7-15-13-9-12(4-5-14(13)18(19)20)10-17-11(2)6-8-16-17/h4-6,8-9,15H,3,7,10H2,1-2H3. The van der Waals surface area contributed by atoms with Gasteiger partial charge >= 0.3 is 0 Å². The molecule has 0 aliphatic heterocycles. The van der Waals surface area contributed by atoms with Crippen LogP contribution in [0.4, 0.5) is 11.4 Å². The Hall–Kier alpha value is -2.37. The van der Waals surface area contributed by atoms with Crippen LogP contribution in [0.1, 0.15) is 24.6 Å². The molecule has 0 saturated heterocycles. The summed E-state index contributed by atoms with van der Waals surface area (Å²) in [4.78, 5) is 10.7. The minimum atomic E-state index is -0.360. The fourth-order valence-electron chi connectivity index (χ4n) is 1.98. The Labute approximate surface area is 117 Å². The quantitative estimate of drug-likeness (QED) is 0.649. The molecule has 106 valence electrons. The molecular weight excluding hydrogens is 256 g/mol. The lowest BCUT2D eigenvalue weighted by atomic mass is 10.1. The number of aromatic nitrogens is 2. The number of aryl methyl sites for hydroxylation is 1. The van der Waals surface area contributed by atoms with Gasteiger partial charge in [-0.3, -0.25) is 14.8 Å². The fraction of sp³-hybridized carbons (Fsp3) is 0.357. The molecule has 6 nitrogen and oxygen atoms in total. The maximum absolute atomic E-state index is 11.0. The summed E-state index contributed by atoms with van der Waals surface area (Å²) in [6.07, 6.45) is 2.66. The smallest absolute Gasteiger partial charge is 0.292 e. The first-order valence-electron chi connectivity index (χ1n) is 6.61. The Bertz CT molecular complexity index is 607. The largest absolute Gasteiger partial charge is 0.379 e. The lowest BCUT2D eigenvalue weighted by molar-refractivity contribution is -0.384. The molecular formula is C14H18N4O2. The van der Waals surface area contributed by atoms with Gasteiger partial charge in [0, 0.05) is 24.5 Å². The molecule has 6 heteroatoms. The minimum Gasteiger partial charge on any atom is -0.379 e. The Morgan fingerprint density at radius 2 is 2.20 bits per heavy atom. The van der Waals surface area contributed by atoms with E-state index in [4.69, 9.17) is 0 Å². The van der Waals surface area contributed by atoms with Crippen LogP contribution in [-0.2, 0) is 6.54 Å². The van der Waals surface area contributed by atoms with Crippen LogP contribution >= 0.6 is 0 Å². The topological polar surface area (TPSA) is 73.0 Å². The molecule has 1 aromatic carbocycles. The van der Waals surface area contributed by atoms with Crippen LogP contribution in [-0.4, -0.2) is 21.2 Å². The summed E-state index contributed by atoms with van der Waals surface area (Å²) >= 11 is 0. The van der Waals surface area contributed by atoms with Crippen LogP contribution in [0.3, 0.4) is 0 Å². The SMILES string of the molecule is CCCNc1cc(Cn2nccc2C)ccc1[N+](=O)[O-]. The summed E-state index contributed by atoms with van der Waals surface area (Å²) in [6.45, 7) is 5.33. The number of hydrogen-bond acceptors (Lipinski definition) is 4. The highest BCUT2D eigenvalue weighted by molar-refractivity contribution is 5.62. The van der Waals surface area contributed by atoms with Gasteiger partial charge in [0.1, 0.15) is 5.69 Å². The van der Waals surface area contributed by atoms with Crippen molar-refractivity contribution < 1.29 is 4.92 Å². The average molecular weight is 274 g/mol. The Morgan fingerprint density at radius 3 is 2.80 bits per heavy atom. The van der Waals surface area contributed by atoms with Gasteiger partial charge < -0.3 is 5.32 Å². The van der Waals surface area contributed by atoms with E-state index in [0.717, 1.165) is 17.7 Å². The van der Waals surface area contributed by atoms with Crippen molar-refractivity contribution in [2.75, 3.05) is 11.9 Å². The number of nitrogens with zero attached hydrogens (tertiary/aromatic N) is 3. The van der Waals surface area contributed by atoms with E-state index in [0.29, 0.717) is 18.8 Å². The summed E-state index contributed by atoms with van der Waals surface area (Å²) in [5.74, 6) is 0. The van der Waals surface area contributed by atoms with Crippen molar-refractivity contribution in [2.24, 2.45) is 0 Å². The van der Waals surface area contributed by atoms with Crippen LogP contribution in [0.25, 0.3) is 0 Å². The molecule has 0 aliphatic rings. The molecule has 0 amide bonds. The van der Waals surface area contributed by atoms with Gasteiger partial charge in [-0.25, -0.2) is 0 Å². The van der Waals surface area contributed by atoms with Gasteiger partial charge in [0.25, 0.3) is 5.69 Å². The zero-order valence-corrected chi connectivity index (χ0v) is 11.7. The first-order valence-corrected chi connectivity index (χ1v) is 6.61. The van der Waals surface area contributed by atoms with Crippen molar-refractivity contribution in [1.29, 1.82) is 0 Å². The second kappa shape index (κ2) is 6.18. The normalized spacial score (nSPS) is 10.5. The number of nitrogens with one attached hydrogen (secondary N) is 1. The number of anilines is 1. The van der Waals surface area contributed by atoms with Gasteiger partial charge in [-0.2, -0.15) is 5.10 Å². The first kappa shape index (κ1) is 14.0. The van der Waals surface area contributed by atoms with E-state index in [1.54, 1.807) is 18.3 Å². The van der Waals surface area contributed by atoms with Crippen LogP contribution < -0.4 is 5.32 Å². The highest BCUT2D eigenvalue weighted by Gasteiger charge is 2.14. The Kier molecular flexibility index (Phi) is 4.34. The van der Waals surface area contributed by atoms with E-state index in [1.807, 2.05) is 30.7 Å². The predicted molar refractivity (Wildman–Crippen MR) is 77.9 cm³/mol. The van der Waals surface area contributed by atoms with Crippen molar-refractivity contribution >= 4 is 11.4 Å². The Morgan fingerprint density at radius 1 is 1.40 bits per heavy atom. The van der Waals surface area contributed by atoms with Crippen LogP contribution in [0.15, 0.2) is 30.5 Å². The van der Waals surface area contributed by atoms with Crippen LogP contribution in [0.5, 0.6) is 0 Å². The van der Waals surface area contributed by atoms with E-state index in [9.17, 15) is 10.1 Å². The number of nitro groups is 1. The van der Waals surface area contributed by atoms with Crippen molar-refractivity contribution in [2.45, 2.75) is 26.8 Å². The van der Waals surface area contributed by atoms with E-state index >= 15 is 0 Å². The molecule has 0 radical (unpaired) electrons. The first-order chi connectivity index (χ1) is 9.61. The maximum atomic E-state index is 11.0. The summed E-state index contributed by atoms with van der Waals surface area (Å²) in [5, 5.41) is 18.3. The lowest BCUT2D eigenvalue weighted by Gasteiger charge is -2.09. The fourth-order valence-corrected chi connectivity index (χ4v) is 1.98. The molecule has 0 aliphatic carbocycles. The zero-order chi connectivity index (χ0) is 14.5. The lowest BCUT2D eigenvalue weighted by Crippen LogP contribution is -2.07. The van der Waals surface area contributed by atoms with Gasteiger partial charge in [0.15, 0.2) is 0 Å². The molecule has 0 unspecified atom stereocenters. The van der Waals surface area contributed by atoms with E-state index in [1.165, 1.54) is 0 Å². The third-order valence-corrected chi connectivity index (χ3v) is 3.08. The van der Waals surface area contributed by atoms with E-state index in [-0.39, 0.29) is 10.6 Å². The van der Waals surface area contributed by atoms with Crippen molar-refractivity contribution in [3.63, 3.8) is 0 Å². The number of nitro benzene ring substituents is 1. The minimum absolute atomic E-state index is 0.111. The van der Waals surface area contributed by atoms with Crippen molar-refractivity contribution in [3.05, 3.63) is 51.8 Å². The van der Waals surface area contributed by atoms with Crippen LogP contribution in [0, 0.1) is 17.0 Å². The van der Waals surface area contributed by atoms with Crippen molar-refractivity contribution in [1.82, 2.24) is 9.78 Å². The van der Waals surface area contributed by atoms with Gasteiger partial charge in [-0.05, 0) is 31.0 Å². The monoisotopic (exact) mass is 274 g/mol. The summed E-state index contributed by atoms with van der Waals surface area (Å²) < 4.78 is 1.87. The van der Waals surface area contributed by atoms with Gasteiger partial charge in [-0.1, -0.05) is 13.0 Å². The highest BCUT2D eigenvalue weighted by atomic mass is 16.6. The van der Waals surface area contributed by atoms with E-state index in [2.05, 4.69) is 10.4 Å².